The van der Waals surface area contributed by atoms with Crippen molar-refractivity contribution in [3.63, 3.8) is 0 Å². The molecule has 0 amide bonds. The van der Waals surface area contributed by atoms with Crippen molar-refractivity contribution in [2.45, 2.75) is 20.3 Å². The second-order valence-corrected chi connectivity index (χ2v) is 6.99. The van der Waals surface area contributed by atoms with Gasteiger partial charge in [-0.15, -0.1) is 0 Å². The lowest BCUT2D eigenvalue weighted by Gasteiger charge is -2.37. The minimum Gasteiger partial charge on any atom is -0.493 e. The van der Waals surface area contributed by atoms with Crippen molar-refractivity contribution in [2.24, 2.45) is 0 Å². The van der Waals surface area contributed by atoms with Crippen molar-refractivity contribution in [3.8, 4) is 11.5 Å². The van der Waals surface area contributed by atoms with Crippen LogP contribution in [0.15, 0.2) is 36.4 Å². The molecule has 1 heterocycles. The van der Waals surface area contributed by atoms with E-state index in [1.165, 1.54) is 22.4 Å². The van der Waals surface area contributed by atoms with Crippen LogP contribution >= 0.6 is 0 Å². The Bertz CT molecular complexity index is 737. The van der Waals surface area contributed by atoms with E-state index >= 15 is 0 Å². The van der Waals surface area contributed by atoms with Crippen LogP contribution in [0, 0.1) is 13.8 Å². The lowest BCUT2D eigenvalue weighted by Crippen LogP contribution is -2.47. The van der Waals surface area contributed by atoms with Crippen LogP contribution in [-0.4, -0.2) is 51.8 Å². The zero-order valence-corrected chi connectivity index (χ0v) is 16.4. The lowest BCUT2D eigenvalue weighted by atomic mass is 10.1. The summed E-state index contributed by atoms with van der Waals surface area (Å²) < 4.78 is 10.7. The van der Waals surface area contributed by atoms with Gasteiger partial charge in [0, 0.05) is 38.4 Å². The molecular formula is C22H30N2O2. The lowest BCUT2D eigenvalue weighted by molar-refractivity contribution is 0.260. The number of nitrogens with zero attached hydrogens (tertiary/aromatic N) is 2. The molecule has 0 N–H and O–H groups in total. The van der Waals surface area contributed by atoms with Gasteiger partial charge in [-0.25, -0.2) is 0 Å². The van der Waals surface area contributed by atoms with E-state index in [2.05, 4.69) is 54.0 Å². The number of ether oxygens (including phenoxy) is 2. The molecule has 1 fully saturated rings. The first-order valence-corrected chi connectivity index (χ1v) is 9.37. The fourth-order valence-electron chi connectivity index (χ4n) is 3.61. The average Bonchev–Trinajstić information content (AvgIpc) is 2.68. The number of benzene rings is 2. The van der Waals surface area contributed by atoms with Gasteiger partial charge in [0.15, 0.2) is 11.5 Å². The summed E-state index contributed by atoms with van der Waals surface area (Å²) >= 11 is 0. The Morgan fingerprint density at radius 2 is 1.62 bits per heavy atom. The Labute approximate surface area is 157 Å². The molecule has 4 nitrogen and oxygen atoms in total. The number of anilines is 1. The molecule has 140 valence electrons. The number of hydrogen-bond acceptors (Lipinski definition) is 4. The third-order valence-electron chi connectivity index (χ3n) is 5.45. The second-order valence-electron chi connectivity index (χ2n) is 6.99. The number of rotatable bonds is 6. The zero-order chi connectivity index (χ0) is 18.5. The second kappa shape index (κ2) is 8.45. The van der Waals surface area contributed by atoms with Gasteiger partial charge >= 0.3 is 0 Å². The van der Waals surface area contributed by atoms with E-state index < -0.39 is 0 Å². The van der Waals surface area contributed by atoms with Gasteiger partial charge in [-0.3, -0.25) is 4.90 Å². The van der Waals surface area contributed by atoms with Gasteiger partial charge in [0.2, 0.25) is 0 Å². The maximum atomic E-state index is 5.41. The van der Waals surface area contributed by atoms with Crippen LogP contribution in [0.25, 0.3) is 0 Å². The summed E-state index contributed by atoms with van der Waals surface area (Å²) in [5, 5.41) is 0. The minimum absolute atomic E-state index is 0.790. The Hall–Kier alpha value is -2.20. The van der Waals surface area contributed by atoms with Crippen molar-refractivity contribution >= 4 is 5.69 Å². The van der Waals surface area contributed by atoms with Gasteiger partial charge in [0.1, 0.15) is 0 Å². The SMILES string of the molecule is COc1ccc(CCN2CCN(c3cccc(C)c3C)CC2)cc1OC. The van der Waals surface area contributed by atoms with E-state index in [-0.39, 0.29) is 0 Å². The van der Waals surface area contributed by atoms with Crippen LogP contribution in [0.4, 0.5) is 5.69 Å². The van der Waals surface area contributed by atoms with Gasteiger partial charge in [0.05, 0.1) is 14.2 Å². The molecule has 4 heteroatoms. The van der Waals surface area contributed by atoms with Crippen LogP contribution in [0.2, 0.25) is 0 Å². The van der Waals surface area contributed by atoms with E-state index in [0.29, 0.717) is 0 Å². The highest BCUT2D eigenvalue weighted by Crippen LogP contribution is 2.28. The van der Waals surface area contributed by atoms with Gasteiger partial charge in [0.25, 0.3) is 0 Å². The largest absolute Gasteiger partial charge is 0.493 e. The molecule has 0 spiro atoms. The van der Waals surface area contributed by atoms with Crippen LogP contribution in [0.1, 0.15) is 16.7 Å². The fraction of sp³-hybridized carbons (Fsp3) is 0.455. The van der Waals surface area contributed by atoms with E-state index in [4.69, 9.17) is 9.47 Å². The molecule has 3 rings (SSSR count). The summed E-state index contributed by atoms with van der Waals surface area (Å²) in [5.74, 6) is 1.60. The molecule has 0 atom stereocenters. The fourth-order valence-corrected chi connectivity index (χ4v) is 3.61. The Kier molecular flexibility index (Phi) is 6.04. The van der Waals surface area contributed by atoms with E-state index in [1.807, 2.05) is 6.07 Å². The van der Waals surface area contributed by atoms with Crippen LogP contribution in [0.3, 0.4) is 0 Å². The molecule has 0 aromatic heterocycles. The topological polar surface area (TPSA) is 24.9 Å². The van der Waals surface area contributed by atoms with Gasteiger partial charge in [-0.1, -0.05) is 18.2 Å². The van der Waals surface area contributed by atoms with Crippen molar-refractivity contribution in [2.75, 3.05) is 51.8 Å². The Balaban J connectivity index is 1.54. The van der Waals surface area contributed by atoms with E-state index in [1.54, 1.807) is 14.2 Å². The molecule has 0 saturated carbocycles. The third kappa shape index (κ3) is 4.13. The Morgan fingerprint density at radius 1 is 0.885 bits per heavy atom. The third-order valence-corrected chi connectivity index (χ3v) is 5.45. The van der Waals surface area contributed by atoms with Crippen LogP contribution < -0.4 is 14.4 Å². The molecule has 1 aliphatic rings. The smallest absolute Gasteiger partial charge is 0.160 e. The monoisotopic (exact) mass is 354 g/mol. The quantitative estimate of drug-likeness (QED) is 0.790. The first-order chi connectivity index (χ1) is 12.6. The molecule has 0 radical (unpaired) electrons. The molecule has 0 aliphatic carbocycles. The Morgan fingerprint density at radius 3 is 2.31 bits per heavy atom. The van der Waals surface area contributed by atoms with Crippen molar-refractivity contribution in [1.82, 2.24) is 4.90 Å². The first-order valence-electron chi connectivity index (χ1n) is 9.37. The molecule has 0 bridgehead atoms. The highest BCUT2D eigenvalue weighted by molar-refractivity contribution is 5.56. The van der Waals surface area contributed by atoms with Crippen molar-refractivity contribution in [3.05, 3.63) is 53.1 Å². The normalized spacial score (nSPS) is 15.2. The van der Waals surface area contributed by atoms with E-state index in [9.17, 15) is 0 Å². The summed E-state index contributed by atoms with van der Waals surface area (Å²) in [5.41, 5.74) is 5.47. The predicted molar refractivity (Wildman–Crippen MR) is 108 cm³/mol. The molecule has 1 saturated heterocycles. The first kappa shape index (κ1) is 18.6. The minimum atomic E-state index is 0.790. The van der Waals surface area contributed by atoms with Crippen LogP contribution in [0.5, 0.6) is 11.5 Å². The van der Waals surface area contributed by atoms with Gasteiger partial charge in [-0.05, 0) is 55.2 Å². The van der Waals surface area contributed by atoms with E-state index in [0.717, 1.165) is 50.6 Å². The van der Waals surface area contributed by atoms with Crippen LogP contribution in [-0.2, 0) is 6.42 Å². The number of aryl methyl sites for hydroxylation is 1. The number of methoxy groups -OCH3 is 2. The maximum Gasteiger partial charge on any atom is 0.160 e. The summed E-state index contributed by atoms with van der Waals surface area (Å²) in [7, 11) is 3.36. The highest BCUT2D eigenvalue weighted by Gasteiger charge is 2.18. The average molecular weight is 354 g/mol. The summed E-state index contributed by atoms with van der Waals surface area (Å²) in [4.78, 5) is 5.08. The van der Waals surface area contributed by atoms with Crippen molar-refractivity contribution in [1.29, 1.82) is 0 Å². The maximum absolute atomic E-state index is 5.41. The molecular weight excluding hydrogens is 324 g/mol. The van der Waals surface area contributed by atoms with Crippen molar-refractivity contribution < 1.29 is 9.47 Å². The molecule has 26 heavy (non-hydrogen) atoms. The van der Waals surface area contributed by atoms with Gasteiger partial charge in [-0.2, -0.15) is 0 Å². The zero-order valence-electron chi connectivity index (χ0n) is 16.4. The van der Waals surface area contributed by atoms with Gasteiger partial charge < -0.3 is 14.4 Å². The molecule has 0 unspecified atom stereocenters. The number of piperazine rings is 1. The molecule has 2 aromatic rings. The molecule has 1 aliphatic heterocycles. The standard InChI is InChI=1S/C22H30N2O2/c1-17-6-5-7-20(18(17)2)24-14-12-23(13-15-24)11-10-19-8-9-21(25-3)22(16-19)26-4/h5-9,16H,10-15H2,1-4H3. The molecule has 2 aromatic carbocycles. The summed E-state index contributed by atoms with van der Waals surface area (Å²) in [6, 6.07) is 12.8. The summed E-state index contributed by atoms with van der Waals surface area (Å²) in [6.07, 6.45) is 1.03. The predicted octanol–water partition coefficient (Wildman–Crippen LogP) is 3.69. The highest BCUT2D eigenvalue weighted by atomic mass is 16.5. The number of hydrogen-bond donors (Lipinski definition) is 0. The summed E-state index contributed by atoms with van der Waals surface area (Å²) in [6.45, 7) is 9.91.